The molecule has 1 aromatic carbocycles. The Morgan fingerprint density at radius 1 is 1.32 bits per heavy atom. The first-order valence-electron chi connectivity index (χ1n) is 5.06. The van der Waals surface area contributed by atoms with Gasteiger partial charge in [0.1, 0.15) is 16.1 Å². The Kier molecular flexibility index (Phi) is 3.49. The second-order valence-corrected chi connectivity index (χ2v) is 4.51. The number of thiophene rings is 1. The van der Waals surface area contributed by atoms with Crippen molar-refractivity contribution in [1.82, 2.24) is 0 Å². The number of azo groups is 1. The quantitative estimate of drug-likeness (QED) is 0.522. The molecule has 0 amide bonds. The first kappa shape index (κ1) is 12.7. The van der Waals surface area contributed by atoms with Crippen LogP contribution in [0, 0.1) is 21.4 Å². The van der Waals surface area contributed by atoms with Crippen LogP contribution in [0.15, 0.2) is 40.6 Å². The zero-order valence-electron chi connectivity index (χ0n) is 9.48. The number of nitriles is 1. The second kappa shape index (κ2) is 5.24. The zero-order chi connectivity index (χ0) is 13.8. The van der Waals surface area contributed by atoms with Crippen molar-refractivity contribution in [2.45, 2.75) is 0 Å². The summed E-state index contributed by atoms with van der Waals surface area (Å²) in [6, 6.07) is 9.15. The highest BCUT2D eigenvalue weighted by Gasteiger charge is 2.05. The molecule has 0 radical (unpaired) electrons. The number of nitrogens with zero attached hydrogens (tertiary/aromatic N) is 4. The number of nitro groups is 1. The molecule has 94 valence electrons. The molecule has 0 spiro atoms. The largest absolute Gasteiger partial charge is 0.389 e. The van der Waals surface area contributed by atoms with Gasteiger partial charge in [-0.3, -0.25) is 10.1 Å². The molecule has 0 saturated heterocycles. The van der Waals surface area contributed by atoms with Gasteiger partial charge in [0.15, 0.2) is 0 Å². The van der Waals surface area contributed by atoms with Crippen LogP contribution in [-0.4, -0.2) is 4.92 Å². The van der Waals surface area contributed by atoms with E-state index in [4.69, 9.17) is 11.0 Å². The molecule has 0 bridgehead atoms. The smallest absolute Gasteiger partial charge is 0.269 e. The molecule has 0 aliphatic heterocycles. The van der Waals surface area contributed by atoms with Gasteiger partial charge in [0.05, 0.1) is 16.2 Å². The number of nitrogens with two attached hydrogens (primary N) is 1. The summed E-state index contributed by atoms with van der Waals surface area (Å²) in [5.41, 5.74) is 6.43. The molecule has 7 nitrogen and oxygen atoms in total. The van der Waals surface area contributed by atoms with Crippen molar-refractivity contribution in [2.75, 3.05) is 5.73 Å². The fourth-order valence-electron chi connectivity index (χ4n) is 1.28. The molecule has 0 atom stereocenters. The first-order chi connectivity index (χ1) is 9.10. The predicted molar refractivity (Wildman–Crippen MR) is 70.7 cm³/mol. The minimum atomic E-state index is -0.486. The summed E-state index contributed by atoms with van der Waals surface area (Å²) in [6.45, 7) is 0. The van der Waals surface area contributed by atoms with Crippen LogP contribution >= 0.6 is 11.3 Å². The number of hydrogen-bond donors (Lipinski definition) is 1. The normalized spacial score (nSPS) is 10.5. The Morgan fingerprint density at radius 2 is 2.00 bits per heavy atom. The van der Waals surface area contributed by atoms with Crippen LogP contribution < -0.4 is 5.73 Å². The van der Waals surface area contributed by atoms with Gasteiger partial charge >= 0.3 is 0 Å². The van der Waals surface area contributed by atoms with Crippen molar-refractivity contribution in [3.63, 3.8) is 0 Å². The van der Waals surface area contributed by atoms with Gasteiger partial charge in [-0.05, 0) is 18.2 Å². The summed E-state index contributed by atoms with van der Waals surface area (Å²) in [5, 5.41) is 27.9. The van der Waals surface area contributed by atoms with Crippen LogP contribution in [0.2, 0.25) is 0 Å². The summed E-state index contributed by atoms with van der Waals surface area (Å²) in [4.78, 5) is 9.99. The van der Waals surface area contributed by atoms with E-state index in [1.165, 1.54) is 30.3 Å². The molecule has 2 aromatic rings. The lowest BCUT2D eigenvalue weighted by Crippen LogP contribution is -1.85. The monoisotopic (exact) mass is 273 g/mol. The van der Waals surface area contributed by atoms with Crippen LogP contribution in [-0.2, 0) is 0 Å². The van der Waals surface area contributed by atoms with Gasteiger partial charge in [-0.1, -0.05) is 11.3 Å². The zero-order valence-corrected chi connectivity index (χ0v) is 10.3. The Morgan fingerprint density at radius 3 is 2.53 bits per heavy atom. The molecule has 0 fully saturated rings. The van der Waals surface area contributed by atoms with E-state index in [1.54, 1.807) is 0 Å². The number of non-ortho nitro benzene ring substituents is 1. The van der Waals surface area contributed by atoms with Gasteiger partial charge < -0.3 is 5.73 Å². The number of hydrogen-bond acceptors (Lipinski definition) is 7. The van der Waals surface area contributed by atoms with Crippen molar-refractivity contribution in [3.05, 3.63) is 46.0 Å². The Hall–Kier alpha value is -2.79. The lowest BCUT2D eigenvalue weighted by atomic mass is 10.3. The average molecular weight is 273 g/mol. The van der Waals surface area contributed by atoms with Crippen LogP contribution in [0.1, 0.15) is 5.56 Å². The third-order valence-corrected chi connectivity index (χ3v) is 3.04. The van der Waals surface area contributed by atoms with Gasteiger partial charge in [-0.2, -0.15) is 5.26 Å². The van der Waals surface area contributed by atoms with Gasteiger partial charge in [0, 0.05) is 12.1 Å². The Labute approximate surface area is 111 Å². The Balaban J connectivity index is 2.18. The topological polar surface area (TPSA) is 118 Å². The lowest BCUT2D eigenvalue weighted by molar-refractivity contribution is -0.384. The Bertz CT molecular complexity index is 684. The minimum Gasteiger partial charge on any atom is -0.389 e. The number of benzene rings is 1. The highest BCUT2D eigenvalue weighted by molar-refractivity contribution is 7.19. The molecule has 19 heavy (non-hydrogen) atoms. The maximum absolute atomic E-state index is 10.5. The standard InChI is InChI=1S/C11H7N5O2S/c12-6-7-5-10(19-11(7)13)15-14-8-1-3-9(4-2-8)16(17)18/h1-5H,13H2. The number of rotatable bonds is 3. The van der Waals surface area contributed by atoms with Gasteiger partial charge in [-0.15, -0.1) is 10.2 Å². The van der Waals surface area contributed by atoms with E-state index in [2.05, 4.69) is 10.2 Å². The van der Waals surface area contributed by atoms with Crippen molar-refractivity contribution in [1.29, 1.82) is 5.26 Å². The van der Waals surface area contributed by atoms with Crippen LogP contribution in [0.5, 0.6) is 0 Å². The average Bonchev–Trinajstić information content (AvgIpc) is 2.77. The van der Waals surface area contributed by atoms with E-state index >= 15 is 0 Å². The maximum Gasteiger partial charge on any atom is 0.269 e. The van der Waals surface area contributed by atoms with Crippen LogP contribution in [0.3, 0.4) is 0 Å². The summed E-state index contributed by atoms with van der Waals surface area (Å²) >= 11 is 1.15. The van der Waals surface area contributed by atoms with Gasteiger partial charge in [-0.25, -0.2) is 0 Å². The summed E-state index contributed by atoms with van der Waals surface area (Å²) in [6.07, 6.45) is 0. The van der Waals surface area contributed by atoms with E-state index in [-0.39, 0.29) is 5.69 Å². The first-order valence-corrected chi connectivity index (χ1v) is 5.87. The van der Waals surface area contributed by atoms with Crippen molar-refractivity contribution >= 4 is 32.7 Å². The number of nitro benzene ring substituents is 1. The number of anilines is 1. The van der Waals surface area contributed by atoms with E-state index in [0.29, 0.717) is 21.3 Å². The van der Waals surface area contributed by atoms with E-state index < -0.39 is 4.92 Å². The molecule has 1 heterocycles. The van der Waals surface area contributed by atoms with Crippen molar-refractivity contribution in [2.24, 2.45) is 10.2 Å². The molecule has 0 aliphatic rings. The second-order valence-electron chi connectivity index (χ2n) is 3.45. The molecule has 2 N–H and O–H groups in total. The van der Waals surface area contributed by atoms with E-state index in [9.17, 15) is 10.1 Å². The van der Waals surface area contributed by atoms with E-state index in [1.807, 2.05) is 6.07 Å². The SMILES string of the molecule is N#Cc1cc(N=Nc2ccc([N+](=O)[O-])cc2)sc1N. The summed E-state index contributed by atoms with van der Waals surface area (Å²) in [7, 11) is 0. The van der Waals surface area contributed by atoms with E-state index in [0.717, 1.165) is 11.3 Å². The van der Waals surface area contributed by atoms with Crippen LogP contribution in [0.25, 0.3) is 0 Å². The van der Waals surface area contributed by atoms with Crippen molar-refractivity contribution in [3.8, 4) is 6.07 Å². The third-order valence-electron chi connectivity index (χ3n) is 2.19. The fourth-order valence-corrected chi connectivity index (χ4v) is 1.97. The fraction of sp³-hybridized carbons (Fsp3) is 0. The molecule has 0 unspecified atom stereocenters. The summed E-state index contributed by atoms with van der Waals surface area (Å²) in [5.74, 6) is 0. The molecule has 0 saturated carbocycles. The molecular weight excluding hydrogens is 266 g/mol. The molecular formula is C11H7N5O2S. The van der Waals surface area contributed by atoms with Crippen molar-refractivity contribution < 1.29 is 4.92 Å². The molecule has 0 aliphatic carbocycles. The molecule has 1 aromatic heterocycles. The number of nitrogen functional groups attached to an aromatic ring is 1. The highest BCUT2D eigenvalue weighted by atomic mass is 32.1. The maximum atomic E-state index is 10.5. The molecule has 8 heteroatoms. The minimum absolute atomic E-state index is 0.00825. The van der Waals surface area contributed by atoms with Crippen LogP contribution in [0.4, 0.5) is 21.4 Å². The third kappa shape index (κ3) is 2.91. The van der Waals surface area contributed by atoms with Gasteiger partial charge in [0.2, 0.25) is 0 Å². The predicted octanol–water partition coefficient (Wildman–Crippen LogP) is 3.53. The lowest BCUT2D eigenvalue weighted by Gasteiger charge is -1.91. The molecule has 2 rings (SSSR count). The van der Waals surface area contributed by atoms with Gasteiger partial charge in [0.25, 0.3) is 5.69 Å². The highest BCUT2D eigenvalue weighted by Crippen LogP contribution is 2.32. The summed E-state index contributed by atoms with van der Waals surface area (Å²) < 4.78 is 0.